The Kier molecular flexibility index (Phi) is 5.89. The van der Waals surface area contributed by atoms with Crippen LogP contribution in [0.25, 0.3) is 4.96 Å². The van der Waals surface area contributed by atoms with Gasteiger partial charge in [-0.3, -0.25) is 13.6 Å². The molecule has 0 saturated heterocycles. The topological polar surface area (TPSA) is 70.8 Å². The molecule has 132 valence electrons. The molecule has 0 amide bonds. The SMILES string of the molecule is CCS(=O)C1CCCC(NC(=NC)NCc2cn3ccsc3n2)C1. The van der Waals surface area contributed by atoms with Gasteiger partial charge in [-0.2, -0.15) is 0 Å². The maximum Gasteiger partial charge on any atom is 0.193 e. The van der Waals surface area contributed by atoms with Crippen LogP contribution in [-0.4, -0.2) is 43.6 Å². The normalized spacial score (nSPS) is 23.3. The van der Waals surface area contributed by atoms with Crippen LogP contribution >= 0.6 is 11.3 Å². The first-order chi connectivity index (χ1) is 11.7. The highest BCUT2D eigenvalue weighted by Gasteiger charge is 2.26. The predicted molar refractivity (Wildman–Crippen MR) is 101 cm³/mol. The number of guanidine groups is 1. The van der Waals surface area contributed by atoms with Crippen LogP contribution in [0.15, 0.2) is 22.8 Å². The van der Waals surface area contributed by atoms with Crippen LogP contribution in [0.3, 0.4) is 0 Å². The highest BCUT2D eigenvalue weighted by Crippen LogP contribution is 2.23. The van der Waals surface area contributed by atoms with E-state index in [2.05, 4.69) is 20.6 Å². The Morgan fingerprint density at radius 3 is 3.17 bits per heavy atom. The molecular formula is C16H25N5OS2. The van der Waals surface area contributed by atoms with Gasteiger partial charge in [0.25, 0.3) is 0 Å². The first kappa shape index (κ1) is 17.4. The molecule has 0 aliphatic heterocycles. The second kappa shape index (κ2) is 8.11. The van der Waals surface area contributed by atoms with E-state index in [1.165, 1.54) is 0 Å². The maximum absolute atomic E-state index is 12.1. The fourth-order valence-corrected chi connectivity index (χ4v) is 5.24. The largest absolute Gasteiger partial charge is 0.354 e. The Labute approximate surface area is 149 Å². The summed E-state index contributed by atoms with van der Waals surface area (Å²) < 4.78 is 14.1. The molecule has 0 radical (unpaired) electrons. The summed E-state index contributed by atoms with van der Waals surface area (Å²) in [6.07, 6.45) is 8.32. The Bertz CT molecular complexity index is 694. The lowest BCUT2D eigenvalue weighted by Gasteiger charge is -2.30. The minimum Gasteiger partial charge on any atom is -0.354 e. The van der Waals surface area contributed by atoms with Gasteiger partial charge in [-0.25, -0.2) is 4.98 Å². The van der Waals surface area contributed by atoms with Gasteiger partial charge in [-0.05, 0) is 19.3 Å². The van der Waals surface area contributed by atoms with Crippen LogP contribution in [0.2, 0.25) is 0 Å². The van der Waals surface area contributed by atoms with E-state index in [9.17, 15) is 4.21 Å². The number of hydrogen-bond acceptors (Lipinski definition) is 4. The van der Waals surface area contributed by atoms with Crippen molar-refractivity contribution in [1.29, 1.82) is 0 Å². The highest BCUT2D eigenvalue weighted by molar-refractivity contribution is 7.85. The van der Waals surface area contributed by atoms with Gasteiger partial charge in [0.2, 0.25) is 0 Å². The molecule has 24 heavy (non-hydrogen) atoms. The zero-order valence-electron chi connectivity index (χ0n) is 14.2. The molecule has 2 N–H and O–H groups in total. The lowest BCUT2D eigenvalue weighted by molar-refractivity contribution is 0.413. The Balaban J connectivity index is 1.52. The van der Waals surface area contributed by atoms with Crippen molar-refractivity contribution in [3.8, 4) is 0 Å². The van der Waals surface area contributed by atoms with E-state index in [-0.39, 0.29) is 0 Å². The summed E-state index contributed by atoms with van der Waals surface area (Å²) in [5.41, 5.74) is 0.999. The van der Waals surface area contributed by atoms with Crippen molar-refractivity contribution >= 4 is 33.1 Å². The molecule has 3 unspecified atom stereocenters. The number of nitrogens with zero attached hydrogens (tertiary/aromatic N) is 3. The first-order valence-electron chi connectivity index (χ1n) is 8.45. The lowest BCUT2D eigenvalue weighted by Crippen LogP contribution is -2.46. The van der Waals surface area contributed by atoms with E-state index in [1.807, 2.05) is 29.1 Å². The van der Waals surface area contributed by atoms with Crippen molar-refractivity contribution in [2.24, 2.45) is 4.99 Å². The third-order valence-corrected chi connectivity index (χ3v) is 6.94. The second-order valence-corrected chi connectivity index (χ2v) is 8.93. The first-order valence-corrected chi connectivity index (χ1v) is 10.7. The van der Waals surface area contributed by atoms with Crippen LogP contribution < -0.4 is 10.6 Å². The Morgan fingerprint density at radius 1 is 1.54 bits per heavy atom. The molecular weight excluding hydrogens is 342 g/mol. The molecule has 0 aromatic carbocycles. The Hall–Kier alpha value is -1.41. The number of fused-ring (bicyclic) bond motifs is 1. The monoisotopic (exact) mass is 367 g/mol. The summed E-state index contributed by atoms with van der Waals surface area (Å²) in [4.78, 5) is 9.89. The van der Waals surface area contributed by atoms with Gasteiger partial charge in [0.15, 0.2) is 10.9 Å². The number of aliphatic imine (C=N–C) groups is 1. The molecule has 1 aliphatic carbocycles. The van der Waals surface area contributed by atoms with Crippen LogP contribution in [0, 0.1) is 0 Å². The number of nitrogens with one attached hydrogen (secondary N) is 2. The summed E-state index contributed by atoms with van der Waals surface area (Å²) in [6.45, 7) is 2.65. The van der Waals surface area contributed by atoms with Crippen molar-refractivity contribution in [2.45, 2.75) is 50.4 Å². The highest BCUT2D eigenvalue weighted by atomic mass is 32.2. The molecule has 3 atom stereocenters. The third-order valence-electron chi connectivity index (χ3n) is 4.43. The maximum atomic E-state index is 12.1. The third kappa shape index (κ3) is 4.16. The van der Waals surface area contributed by atoms with E-state index in [4.69, 9.17) is 0 Å². The van der Waals surface area contributed by atoms with Crippen LogP contribution in [0.4, 0.5) is 0 Å². The molecule has 3 rings (SSSR count). The molecule has 1 fully saturated rings. The number of aromatic nitrogens is 2. The zero-order chi connectivity index (χ0) is 16.9. The molecule has 2 aromatic rings. The van der Waals surface area contributed by atoms with Crippen LogP contribution in [0.5, 0.6) is 0 Å². The second-order valence-electron chi connectivity index (χ2n) is 6.05. The van der Waals surface area contributed by atoms with Crippen LogP contribution in [-0.2, 0) is 17.3 Å². The zero-order valence-corrected chi connectivity index (χ0v) is 15.8. The van der Waals surface area contributed by atoms with Gasteiger partial charge in [0, 0.05) is 52.7 Å². The molecule has 8 heteroatoms. The molecule has 1 saturated carbocycles. The van der Waals surface area contributed by atoms with Gasteiger partial charge in [0.05, 0.1) is 12.2 Å². The molecule has 2 aromatic heterocycles. The minimum atomic E-state index is -0.701. The summed E-state index contributed by atoms with van der Waals surface area (Å²) in [6, 6.07) is 0.343. The van der Waals surface area contributed by atoms with Gasteiger partial charge < -0.3 is 10.6 Å². The quantitative estimate of drug-likeness (QED) is 0.627. The lowest BCUT2D eigenvalue weighted by atomic mass is 9.95. The fraction of sp³-hybridized carbons (Fsp3) is 0.625. The van der Waals surface area contributed by atoms with Crippen molar-refractivity contribution in [3.63, 3.8) is 0 Å². The molecule has 0 bridgehead atoms. The van der Waals surface area contributed by atoms with E-state index < -0.39 is 10.8 Å². The Morgan fingerprint density at radius 2 is 2.42 bits per heavy atom. The van der Waals surface area contributed by atoms with Crippen molar-refractivity contribution in [2.75, 3.05) is 12.8 Å². The summed E-state index contributed by atoms with van der Waals surface area (Å²) in [5.74, 6) is 1.54. The van der Waals surface area contributed by atoms with E-state index in [0.717, 1.165) is 48.1 Å². The van der Waals surface area contributed by atoms with Gasteiger partial charge in [-0.1, -0.05) is 13.3 Å². The van der Waals surface area contributed by atoms with E-state index in [0.29, 0.717) is 17.8 Å². The summed E-state index contributed by atoms with van der Waals surface area (Å²) >= 11 is 1.63. The van der Waals surface area contributed by atoms with Gasteiger partial charge in [0.1, 0.15) is 0 Å². The van der Waals surface area contributed by atoms with Gasteiger partial charge in [-0.15, -0.1) is 11.3 Å². The number of rotatable bonds is 5. The fourth-order valence-electron chi connectivity index (χ4n) is 3.17. The predicted octanol–water partition coefficient (Wildman–Crippen LogP) is 2.14. The van der Waals surface area contributed by atoms with Crippen molar-refractivity contribution in [3.05, 3.63) is 23.5 Å². The average molecular weight is 368 g/mol. The minimum absolute atomic E-state index is 0.319. The van der Waals surface area contributed by atoms with E-state index in [1.54, 1.807) is 18.4 Å². The smallest absolute Gasteiger partial charge is 0.193 e. The standard InChI is InChI=1S/C16H25N5OS2/c1-3-24(22)14-6-4-5-12(9-14)19-15(17-2)18-10-13-11-21-7-8-23-16(21)20-13/h7-8,11-12,14H,3-6,9-10H2,1-2H3,(H2,17,18,19). The average Bonchev–Trinajstić information content (AvgIpc) is 3.19. The van der Waals surface area contributed by atoms with Crippen molar-refractivity contribution in [1.82, 2.24) is 20.0 Å². The van der Waals surface area contributed by atoms with Crippen LogP contribution in [0.1, 0.15) is 38.3 Å². The molecule has 1 aliphatic rings. The van der Waals surface area contributed by atoms with E-state index >= 15 is 0 Å². The van der Waals surface area contributed by atoms with Gasteiger partial charge >= 0.3 is 0 Å². The summed E-state index contributed by atoms with van der Waals surface area (Å²) in [7, 11) is 1.08. The molecule has 6 nitrogen and oxygen atoms in total. The molecule has 0 spiro atoms. The summed E-state index contributed by atoms with van der Waals surface area (Å²) in [5, 5.41) is 9.16. The number of hydrogen-bond donors (Lipinski definition) is 2. The van der Waals surface area contributed by atoms with Crippen molar-refractivity contribution < 1.29 is 4.21 Å². The number of imidazole rings is 1. The molecule has 2 heterocycles. The number of thiazole rings is 1.